The maximum Gasteiger partial charge on any atom is 0.225 e. The van der Waals surface area contributed by atoms with Gasteiger partial charge in [0, 0.05) is 25.5 Å². The van der Waals surface area contributed by atoms with Gasteiger partial charge >= 0.3 is 0 Å². The standard InChI is InChI=1S/C11H17BrN4/c1-8-2-3-16(7-9(8)4-13)11-14-5-10(12)6-15-11/h5-6,8-9H,2-4,7,13H2,1H3. The van der Waals surface area contributed by atoms with Crippen LogP contribution in [0.5, 0.6) is 0 Å². The van der Waals surface area contributed by atoms with E-state index in [1.54, 1.807) is 12.4 Å². The molecule has 0 amide bonds. The van der Waals surface area contributed by atoms with Crippen LogP contribution in [-0.2, 0) is 0 Å². The number of hydrogen-bond acceptors (Lipinski definition) is 4. The summed E-state index contributed by atoms with van der Waals surface area (Å²) in [5.41, 5.74) is 5.78. The third kappa shape index (κ3) is 2.52. The summed E-state index contributed by atoms with van der Waals surface area (Å²) >= 11 is 3.34. The van der Waals surface area contributed by atoms with Crippen LogP contribution in [-0.4, -0.2) is 29.6 Å². The highest BCUT2D eigenvalue weighted by atomic mass is 79.9. The largest absolute Gasteiger partial charge is 0.340 e. The average molecular weight is 285 g/mol. The van der Waals surface area contributed by atoms with Gasteiger partial charge in [0.05, 0.1) is 4.47 Å². The van der Waals surface area contributed by atoms with E-state index in [2.05, 4.69) is 37.7 Å². The van der Waals surface area contributed by atoms with Crippen LogP contribution in [0.15, 0.2) is 16.9 Å². The van der Waals surface area contributed by atoms with Gasteiger partial charge in [-0.15, -0.1) is 0 Å². The maximum atomic E-state index is 5.78. The Morgan fingerprint density at radius 2 is 2.19 bits per heavy atom. The van der Waals surface area contributed by atoms with Crippen LogP contribution < -0.4 is 10.6 Å². The minimum atomic E-state index is 0.556. The number of hydrogen-bond donors (Lipinski definition) is 1. The summed E-state index contributed by atoms with van der Waals surface area (Å²) < 4.78 is 0.914. The quantitative estimate of drug-likeness (QED) is 0.898. The van der Waals surface area contributed by atoms with Crippen molar-refractivity contribution in [2.45, 2.75) is 13.3 Å². The molecule has 0 radical (unpaired) electrons. The minimum absolute atomic E-state index is 0.556. The molecule has 0 bridgehead atoms. The molecule has 16 heavy (non-hydrogen) atoms. The van der Waals surface area contributed by atoms with Gasteiger partial charge < -0.3 is 10.6 Å². The Kier molecular flexibility index (Phi) is 3.76. The van der Waals surface area contributed by atoms with Gasteiger partial charge in [-0.2, -0.15) is 0 Å². The van der Waals surface area contributed by atoms with E-state index in [9.17, 15) is 0 Å². The van der Waals surface area contributed by atoms with Gasteiger partial charge in [-0.05, 0) is 40.7 Å². The third-order valence-corrected chi connectivity index (χ3v) is 3.72. The molecule has 88 valence electrons. The monoisotopic (exact) mass is 284 g/mol. The first kappa shape index (κ1) is 11.8. The number of rotatable bonds is 2. The van der Waals surface area contributed by atoms with Gasteiger partial charge in [0.25, 0.3) is 0 Å². The molecule has 1 saturated heterocycles. The Balaban J connectivity index is 2.08. The van der Waals surface area contributed by atoms with Crippen molar-refractivity contribution in [3.05, 3.63) is 16.9 Å². The van der Waals surface area contributed by atoms with Crippen molar-refractivity contribution in [2.24, 2.45) is 17.6 Å². The van der Waals surface area contributed by atoms with Crippen molar-refractivity contribution in [3.63, 3.8) is 0 Å². The summed E-state index contributed by atoms with van der Waals surface area (Å²) in [4.78, 5) is 10.9. The molecule has 4 nitrogen and oxygen atoms in total. The summed E-state index contributed by atoms with van der Waals surface area (Å²) in [6.45, 7) is 5.02. The van der Waals surface area contributed by atoms with E-state index in [1.165, 1.54) is 6.42 Å². The third-order valence-electron chi connectivity index (χ3n) is 3.31. The van der Waals surface area contributed by atoms with Crippen LogP contribution in [0.4, 0.5) is 5.95 Å². The summed E-state index contributed by atoms with van der Waals surface area (Å²) in [6.07, 6.45) is 4.75. The number of aromatic nitrogens is 2. The topological polar surface area (TPSA) is 55.0 Å². The molecule has 1 aromatic heterocycles. The highest BCUT2D eigenvalue weighted by Gasteiger charge is 2.26. The van der Waals surface area contributed by atoms with Crippen LogP contribution in [0, 0.1) is 11.8 Å². The molecular weight excluding hydrogens is 268 g/mol. The number of piperidine rings is 1. The molecule has 1 aromatic rings. The first-order chi connectivity index (χ1) is 7.70. The molecule has 1 fully saturated rings. The van der Waals surface area contributed by atoms with Gasteiger partial charge in [-0.25, -0.2) is 9.97 Å². The lowest BCUT2D eigenvalue weighted by Crippen LogP contribution is -2.43. The highest BCUT2D eigenvalue weighted by molar-refractivity contribution is 9.10. The van der Waals surface area contributed by atoms with E-state index in [-0.39, 0.29) is 0 Å². The Hall–Kier alpha value is -0.680. The molecule has 2 rings (SSSR count). The predicted molar refractivity (Wildman–Crippen MR) is 68.3 cm³/mol. The van der Waals surface area contributed by atoms with E-state index < -0.39 is 0 Å². The molecule has 1 aliphatic heterocycles. The fraction of sp³-hybridized carbons (Fsp3) is 0.636. The van der Waals surface area contributed by atoms with Crippen molar-refractivity contribution in [1.29, 1.82) is 0 Å². The first-order valence-corrected chi connectivity index (χ1v) is 6.42. The van der Waals surface area contributed by atoms with Crippen LogP contribution in [0.25, 0.3) is 0 Å². The summed E-state index contributed by atoms with van der Waals surface area (Å²) in [6, 6.07) is 0. The van der Waals surface area contributed by atoms with Gasteiger partial charge in [-0.1, -0.05) is 6.92 Å². The van der Waals surface area contributed by atoms with E-state index in [0.29, 0.717) is 11.8 Å². The molecule has 0 aliphatic carbocycles. The van der Waals surface area contributed by atoms with E-state index in [0.717, 1.165) is 30.1 Å². The predicted octanol–water partition coefficient (Wildman–Crippen LogP) is 1.66. The van der Waals surface area contributed by atoms with Gasteiger partial charge in [-0.3, -0.25) is 0 Å². The highest BCUT2D eigenvalue weighted by Crippen LogP contribution is 2.24. The van der Waals surface area contributed by atoms with Crippen LogP contribution in [0.1, 0.15) is 13.3 Å². The smallest absolute Gasteiger partial charge is 0.225 e. The number of halogens is 1. The zero-order chi connectivity index (χ0) is 11.5. The van der Waals surface area contributed by atoms with Gasteiger partial charge in [0.15, 0.2) is 0 Å². The van der Waals surface area contributed by atoms with Crippen LogP contribution in [0.3, 0.4) is 0 Å². The van der Waals surface area contributed by atoms with Crippen molar-refractivity contribution >= 4 is 21.9 Å². The Labute approximate surface area is 104 Å². The van der Waals surface area contributed by atoms with Crippen LogP contribution >= 0.6 is 15.9 Å². The number of anilines is 1. The second-order valence-corrected chi connectivity index (χ2v) is 5.32. The molecule has 2 atom stereocenters. The zero-order valence-electron chi connectivity index (χ0n) is 9.43. The van der Waals surface area contributed by atoms with Crippen LogP contribution in [0.2, 0.25) is 0 Å². The SMILES string of the molecule is CC1CCN(c2ncc(Br)cn2)CC1CN. The number of nitrogens with zero attached hydrogens (tertiary/aromatic N) is 3. The van der Waals surface area contributed by atoms with E-state index in [4.69, 9.17) is 5.73 Å². The second kappa shape index (κ2) is 5.10. The lowest BCUT2D eigenvalue weighted by atomic mass is 9.87. The molecular formula is C11H17BrN4. The van der Waals surface area contributed by atoms with E-state index >= 15 is 0 Å². The lowest BCUT2D eigenvalue weighted by Gasteiger charge is -2.36. The maximum absolute atomic E-state index is 5.78. The van der Waals surface area contributed by atoms with Crippen molar-refractivity contribution in [3.8, 4) is 0 Å². The molecule has 0 aromatic carbocycles. The summed E-state index contributed by atoms with van der Waals surface area (Å²) in [7, 11) is 0. The summed E-state index contributed by atoms with van der Waals surface area (Å²) in [5.74, 6) is 2.08. The second-order valence-electron chi connectivity index (χ2n) is 4.41. The first-order valence-electron chi connectivity index (χ1n) is 5.63. The molecule has 1 aliphatic rings. The Morgan fingerprint density at radius 1 is 1.50 bits per heavy atom. The Morgan fingerprint density at radius 3 is 2.81 bits per heavy atom. The Bertz CT molecular complexity index is 340. The molecule has 0 spiro atoms. The fourth-order valence-corrected chi connectivity index (χ4v) is 2.31. The van der Waals surface area contributed by atoms with Gasteiger partial charge in [0.1, 0.15) is 0 Å². The molecule has 2 heterocycles. The van der Waals surface area contributed by atoms with Gasteiger partial charge in [0.2, 0.25) is 5.95 Å². The molecule has 0 saturated carbocycles. The van der Waals surface area contributed by atoms with E-state index in [1.807, 2.05) is 0 Å². The van der Waals surface area contributed by atoms with Crippen molar-refractivity contribution < 1.29 is 0 Å². The van der Waals surface area contributed by atoms with Crippen molar-refractivity contribution in [1.82, 2.24) is 9.97 Å². The normalized spacial score (nSPS) is 25.8. The van der Waals surface area contributed by atoms with Crippen molar-refractivity contribution in [2.75, 3.05) is 24.5 Å². The fourth-order valence-electron chi connectivity index (χ4n) is 2.11. The average Bonchev–Trinajstić information content (AvgIpc) is 2.31. The minimum Gasteiger partial charge on any atom is -0.340 e. The zero-order valence-corrected chi connectivity index (χ0v) is 11.0. The molecule has 5 heteroatoms. The lowest BCUT2D eigenvalue weighted by molar-refractivity contribution is 0.305. The molecule has 2 unspecified atom stereocenters. The number of nitrogens with two attached hydrogens (primary N) is 1. The molecule has 2 N–H and O–H groups in total. The summed E-state index contributed by atoms with van der Waals surface area (Å²) in [5, 5.41) is 0.